The second kappa shape index (κ2) is 7.85. The minimum absolute atomic E-state index is 0.202. The van der Waals surface area contributed by atoms with Crippen molar-refractivity contribution >= 4 is 16.9 Å². The number of furan rings is 1. The summed E-state index contributed by atoms with van der Waals surface area (Å²) in [5, 5.41) is 5.00. The number of fused-ring (bicyclic) bond motifs is 1. The first-order valence-electron chi connectivity index (χ1n) is 8.58. The number of amides is 1. The van der Waals surface area contributed by atoms with Gasteiger partial charge in [0.05, 0.1) is 35.7 Å². The molecule has 8 heteroatoms. The summed E-state index contributed by atoms with van der Waals surface area (Å²) in [5.74, 6) is 0.343. The van der Waals surface area contributed by atoms with Crippen molar-refractivity contribution in [2.75, 3.05) is 6.61 Å². The van der Waals surface area contributed by atoms with Crippen LogP contribution in [0.25, 0.3) is 22.3 Å². The lowest BCUT2D eigenvalue weighted by atomic mass is 10.1. The molecular formula is C20H17N5O3. The van der Waals surface area contributed by atoms with Crippen LogP contribution >= 0.6 is 0 Å². The number of nitrogens with zero attached hydrogens (tertiary/aromatic N) is 4. The molecule has 4 aromatic rings. The van der Waals surface area contributed by atoms with Gasteiger partial charge >= 0.3 is 0 Å². The SMILES string of the molecule is C=CCONC(=O)c1cc(-c2cccnc2)nc2c1cnn2Cc1ccco1. The Balaban J connectivity index is 1.80. The minimum Gasteiger partial charge on any atom is -0.467 e. The normalized spacial score (nSPS) is 10.9. The average Bonchev–Trinajstić information content (AvgIpc) is 3.39. The number of hydrogen-bond donors (Lipinski definition) is 1. The summed E-state index contributed by atoms with van der Waals surface area (Å²) in [7, 11) is 0. The van der Waals surface area contributed by atoms with E-state index in [-0.39, 0.29) is 6.61 Å². The van der Waals surface area contributed by atoms with Gasteiger partial charge in [-0.3, -0.25) is 14.6 Å². The highest BCUT2D eigenvalue weighted by Gasteiger charge is 2.18. The van der Waals surface area contributed by atoms with Gasteiger partial charge in [-0.1, -0.05) is 6.08 Å². The van der Waals surface area contributed by atoms with E-state index in [0.29, 0.717) is 28.8 Å². The van der Waals surface area contributed by atoms with Crippen LogP contribution in [-0.4, -0.2) is 32.3 Å². The van der Waals surface area contributed by atoms with Crippen molar-refractivity contribution < 1.29 is 14.0 Å². The van der Waals surface area contributed by atoms with Gasteiger partial charge in [-0.05, 0) is 30.3 Å². The third-order valence-corrected chi connectivity index (χ3v) is 4.06. The quantitative estimate of drug-likeness (QED) is 0.303. The van der Waals surface area contributed by atoms with Crippen molar-refractivity contribution in [2.45, 2.75) is 6.54 Å². The van der Waals surface area contributed by atoms with Gasteiger partial charge in [-0.15, -0.1) is 6.58 Å². The van der Waals surface area contributed by atoms with Gasteiger partial charge in [0.1, 0.15) is 12.3 Å². The number of hydrogen-bond acceptors (Lipinski definition) is 6. The summed E-state index contributed by atoms with van der Waals surface area (Å²) >= 11 is 0. The molecule has 0 aliphatic rings. The van der Waals surface area contributed by atoms with E-state index in [1.54, 1.807) is 41.7 Å². The Bertz CT molecular complexity index is 1100. The monoisotopic (exact) mass is 375 g/mol. The molecule has 0 saturated heterocycles. The van der Waals surface area contributed by atoms with E-state index in [4.69, 9.17) is 14.2 Å². The van der Waals surface area contributed by atoms with E-state index >= 15 is 0 Å². The highest BCUT2D eigenvalue weighted by molar-refractivity contribution is 6.06. The van der Waals surface area contributed by atoms with Gasteiger partial charge in [0.2, 0.25) is 0 Å². The second-order valence-electron chi connectivity index (χ2n) is 5.95. The van der Waals surface area contributed by atoms with Crippen molar-refractivity contribution in [1.29, 1.82) is 0 Å². The fourth-order valence-electron chi connectivity index (χ4n) is 2.78. The van der Waals surface area contributed by atoms with Gasteiger partial charge in [-0.25, -0.2) is 15.1 Å². The predicted octanol–water partition coefficient (Wildman–Crippen LogP) is 2.98. The molecule has 1 amide bonds. The standard InChI is InChI=1S/C20H17N5O3/c1-2-8-28-24-20(26)16-10-18(14-5-3-7-21-11-14)23-19-17(16)12-22-25(19)13-15-6-4-9-27-15/h2-7,9-12H,1,8,13H2,(H,24,26). The van der Waals surface area contributed by atoms with Crippen molar-refractivity contribution in [3.63, 3.8) is 0 Å². The van der Waals surface area contributed by atoms with Gasteiger partial charge in [0.25, 0.3) is 5.91 Å². The van der Waals surface area contributed by atoms with Gasteiger partial charge < -0.3 is 4.42 Å². The molecule has 140 valence electrons. The number of rotatable bonds is 7. The Morgan fingerprint density at radius 2 is 2.25 bits per heavy atom. The lowest BCUT2D eigenvalue weighted by molar-refractivity contribution is 0.0423. The molecule has 0 saturated carbocycles. The molecule has 4 aromatic heterocycles. The fourth-order valence-corrected chi connectivity index (χ4v) is 2.78. The van der Waals surface area contributed by atoms with Crippen LogP contribution in [0.3, 0.4) is 0 Å². The summed E-state index contributed by atoms with van der Waals surface area (Å²) in [4.78, 5) is 26.6. The Morgan fingerprint density at radius 1 is 1.32 bits per heavy atom. The van der Waals surface area contributed by atoms with E-state index in [1.807, 2.05) is 24.3 Å². The van der Waals surface area contributed by atoms with Gasteiger partial charge in [-0.2, -0.15) is 5.10 Å². The fraction of sp³-hybridized carbons (Fsp3) is 0.100. The number of aromatic nitrogens is 4. The summed E-state index contributed by atoms with van der Waals surface area (Å²) in [6.45, 7) is 4.16. The molecule has 0 atom stereocenters. The van der Waals surface area contributed by atoms with E-state index in [9.17, 15) is 4.79 Å². The number of carbonyl (C=O) groups is 1. The molecule has 4 heterocycles. The molecule has 0 aliphatic carbocycles. The molecule has 28 heavy (non-hydrogen) atoms. The highest BCUT2D eigenvalue weighted by Crippen LogP contribution is 2.25. The number of hydroxylamine groups is 1. The molecule has 1 N–H and O–H groups in total. The van der Waals surface area contributed by atoms with Gasteiger partial charge in [0, 0.05) is 18.0 Å². The summed E-state index contributed by atoms with van der Waals surface area (Å²) in [6.07, 6.45) is 8.13. The molecule has 0 fully saturated rings. The minimum atomic E-state index is -0.392. The second-order valence-corrected chi connectivity index (χ2v) is 5.95. The van der Waals surface area contributed by atoms with Crippen molar-refractivity contribution in [2.24, 2.45) is 0 Å². The Hall–Kier alpha value is -3.78. The first kappa shape index (κ1) is 17.6. The molecule has 4 rings (SSSR count). The largest absolute Gasteiger partial charge is 0.467 e. The number of nitrogens with one attached hydrogen (secondary N) is 1. The molecule has 0 radical (unpaired) electrons. The van der Waals surface area contributed by atoms with Crippen LogP contribution in [0.2, 0.25) is 0 Å². The number of pyridine rings is 2. The lowest BCUT2D eigenvalue weighted by Gasteiger charge is -2.09. The van der Waals surface area contributed by atoms with E-state index in [2.05, 4.69) is 22.1 Å². The van der Waals surface area contributed by atoms with E-state index < -0.39 is 5.91 Å². The van der Waals surface area contributed by atoms with E-state index in [0.717, 1.165) is 11.3 Å². The maximum atomic E-state index is 12.7. The molecular weight excluding hydrogens is 358 g/mol. The van der Waals surface area contributed by atoms with Crippen molar-refractivity contribution in [1.82, 2.24) is 25.2 Å². The van der Waals surface area contributed by atoms with Gasteiger partial charge in [0.15, 0.2) is 5.65 Å². The van der Waals surface area contributed by atoms with Crippen LogP contribution in [0, 0.1) is 0 Å². The third-order valence-electron chi connectivity index (χ3n) is 4.06. The zero-order valence-corrected chi connectivity index (χ0v) is 14.9. The number of carbonyl (C=O) groups excluding carboxylic acids is 1. The molecule has 0 bridgehead atoms. The first-order valence-corrected chi connectivity index (χ1v) is 8.58. The third kappa shape index (κ3) is 3.53. The molecule has 0 aliphatic heterocycles. The van der Waals surface area contributed by atoms with Crippen LogP contribution in [0.15, 0.2) is 72.3 Å². The predicted molar refractivity (Wildman–Crippen MR) is 102 cm³/mol. The van der Waals surface area contributed by atoms with Crippen molar-refractivity contribution in [3.05, 3.63) is 79.2 Å². The molecule has 0 unspecified atom stereocenters. The smallest absolute Gasteiger partial charge is 0.275 e. The van der Waals surface area contributed by atoms with Crippen LogP contribution in [0.4, 0.5) is 0 Å². The van der Waals surface area contributed by atoms with Crippen LogP contribution < -0.4 is 5.48 Å². The van der Waals surface area contributed by atoms with Crippen LogP contribution in [0.5, 0.6) is 0 Å². The average molecular weight is 375 g/mol. The summed E-state index contributed by atoms with van der Waals surface area (Å²) < 4.78 is 7.10. The van der Waals surface area contributed by atoms with Crippen LogP contribution in [0.1, 0.15) is 16.1 Å². The summed E-state index contributed by atoms with van der Waals surface area (Å²) in [6, 6.07) is 9.06. The Morgan fingerprint density at radius 3 is 3.00 bits per heavy atom. The molecule has 0 spiro atoms. The zero-order chi connectivity index (χ0) is 19.3. The Kier molecular flexibility index (Phi) is 4.94. The first-order chi connectivity index (χ1) is 13.8. The Labute approximate surface area is 160 Å². The van der Waals surface area contributed by atoms with Crippen LogP contribution in [-0.2, 0) is 11.4 Å². The molecule has 8 nitrogen and oxygen atoms in total. The lowest BCUT2D eigenvalue weighted by Crippen LogP contribution is -2.24. The maximum absolute atomic E-state index is 12.7. The van der Waals surface area contributed by atoms with E-state index in [1.165, 1.54) is 0 Å². The zero-order valence-electron chi connectivity index (χ0n) is 14.9. The topological polar surface area (TPSA) is 95.1 Å². The molecule has 0 aromatic carbocycles. The van der Waals surface area contributed by atoms with Crippen molar-refractivity contribution in [3.8, 4) is 11.3 Å². The summed E-state index contributed by atoms with van der Waals surface area (Å²) in [5.41, 5.74) is 4.77. The maximum Gasteiger partial charge on any atom is 0.275 e. The highest BCUT2D eigenvalue weighted by atomic mass is 16.6.